The summed E-state index contributed by atoms with van der Waals surface area (Å²) in [7, 11) is 0. The van der Waals surface area contributed by atoms with Crippen molar-refractivity contribution in [2.75, 3.05) is 11.1 Å². The lowest BCUT2D eigenvalue weighted by Crippen LogP contribution is -2.10. The SMILES string of the molecule is NC(=O)c1ccc(-c2cccc(N)c2)cc1.O=C(O)c1ccc2c(c1)N2. The van der Waals surface area contributed by atoms with Crippen molar-refractivity contribution in [3.8, 4) is 11.1 Å². The number of primary amides is 1. The Morgan fingerprint density at radius 1 is 0.808 bits per heavy atom. The third-order valence-corrected chi connectivity index (χ3v) is 3.86. The summed E-state index contributed by atoms with van der Waals surface area (Å²) in [4.78, 5) is 21.3. The first-order valence-corrected chi connectivity index (χ1v) is 7.84. The van der Waals surface area contributed by atoms with E-state index in [1.54, 1.807) is 30.3 Å². The molecule has 1 aliphatic heterocycles. The number of hydrogen-bond donors (Lipinski definition) is 4. The molecule has 26 heavy (non-hydrogen) atoms. The molecule has 6 N–H and O–H groups in total. The number of fused-ring (bicyclic) bond motifs is 1. The highest BCUT2D eigenvalue weighted by Crippen LogP contribution is 2.38. The van der Waals surface area contributed by atoms with Gasteiger partial charge in [-0.2, -0.15) is 0 Å². The Kier molecular flexibility index (Phi) is 4.57. The van der Waals surface area contributed by atoms with Crippen LogP contribution in [0.4, 0.5) is 17.1 Å². The van der Waals surface area contributed by atoms with Gasteiger partial charge in [-0.05, 0) is 53.6 Å². The molecule has 0 spiro atoms. The van der Waals surface area contributed by atoms with E-state index in [9.17, 15) is 9.59 Å². The maximum absolute atomic E-state index is 10.9. The van der Waals surface area contributed by atoms with Crippen LogP contribution in [0.1, 0.15) is 20.7 Å². The average molecular weight is 347 g/mol. The Morgan fingerprint density at radius 3 is 2.08 bits per heavy atom. The normalized spacial score (nSPS) is 10.6. The minimum Gasteiger partial charge on any atom is -0.478 e. The first kappa shape index (κ1) is 17.0. The van der Waals surface area contributed by atoms with Gasteiger partial charge in [-0.1, -0.05) is 24.3 Å². The van der Waals surface area contributed by atoms with Crippen molar-refractivity contribution in [1.82, 2.24) is 0 Å². The fourth-order valence-corrected chi connectivity index (χ4v) is 2.41. The van der Waals surface area contributed by atoms with Crippen LogP contribution in [0.15, 0.2) is 66.7 Å². The molecule has 1 heterocycles. The molecule has 3 aromatic rings. The Hall–Kier alpha value is -3.80. The van der Waals surface area contributed by atoms with E-state index in [2.05, 4.69) is 5.32 Å². The third kappa shape index (κ3) is 3.99. The van der Waals surface area contributed by atoms with Crippen molar-refractivity contribution in [2.45, 2.75) is 0 Å². The predicted molar refractivity (Wildman–Crippen MR) is 101 cm³/mol. The number of anilines is 3. The average Bonchev–Trinajstić information content (AvgIpc) is 3.41. The quantitative estimate of drug-likeness (QED) is 0.333. The van der Waals surface area contributed by atoms with Gasteiger partial charge >= 0.3 is 5.97 Å². The Bertz CT molecular complexity index is 982. The lowest BCUT2D eigenvalue weighted by molar-refractivity contribution is 0.0696. The van der Waals surface area contributed by atoms with E-state index in [-0.39, 0.29) is 0 Å². The summed E-state index contributed by atoms with van der Waals surface area (Å²) in [6, 6.07) is 19.7. The fourth-order valence-electron chi connectivity index (χ4n) is 2.41. The molecule has 1 aliphatic rings. The smallest absolute Gasteiger partial charge is 0.335 e. The predicted octanol–water partition coefficient (Wildman–Crippen LogP) is 3.48. The first-order valence-electron chi connectivity index (χ1n) is 7.84. The van der Waals surface area contributed by atoms with Crippen LogP contribution in [0.3, 0.4) is 0 Å². The summed E-state index contributed by atoms with van der Waals surface area (Å²) < 4.78 is 0. The molecule has 0 saturated heterocycles. The number of carboxylic acid groups (broad SMARTS) is 1. The van der Waals surface area contributed by atoms with E-state index in [4.69, 9.17) is 16.6 Å². The van der Waals surface area contributed by atoms with E-state index >= 15 is 0 Å². The van der Waals surface area contributed by atoms with Crippen molar-refractivity contribution in [2.24, 2.45) is 5.73 Å². The fraction of sp³-hybridized carbons (Fsp3) is 0. The zero-order chi connectivity index (χ0) is 18.7. The van der Waals surface area contributed by atoms with Gasteiger partial charge in [-0.3, -0.25) is 4.79 Å². The molecule has 0 atom stereocenters. The molecular formula is C20H17N3O3. The minimum absolute atomic E-state index is 0.337. The van der Waals surface area contributed by atoms with Crippen molar-refractivity contribution in [3.05, 3.63) is 77.9 Å². The number of rotatable bonds is 3. The maximum Gasteiger partial charge on any atom is 0.335 e. The number of hydrogen-bond acceptors (Lipinski definition) is 4. The van der Waals surface area contributed by atoms with Gasteiger partial charge in [0.05, 0.1) is 16.9 Å². The van der Waals surface area contributed by atoms with Gasteiger partial charge < -0.3 is 21.9 Å². The Labute approximate surface area is 150 Å². The van der Waals surface area contributed by atoms with Crippen LogP contribution in [-0.4, -0.2) is 17.0 Å². The number of amides is 1. The lowest BCUT2D eigenvalue weighted by Gasteiger charge is -2.03. The molecule has 6 nitrogen and oxygen atoms in total. The summed E-state index contributed by atoms with van der Waals surface area (Å²) in [5, 5.41) is 11.4. The maximum atomic E-state index is 10.9. The van der Waals surface area contributed by atoms with Crippen molar-refractivity contribution < 1.29 is 14.7 Å². The van der Waals surface area contributed by atoms with E-state index in [1.807, 2.05) is 36.4 Å². The van der Waals surface area contributed by atoms with Crippen LogP contribution in [0.25, 0.3) is 11.1 Å². The number of nitrogen functional groups attached to an aromatic ring is 1. The molecule has 0 unspecified atom stereocenters. The number of aromatic carboxylic acids is 1. The molecule has 0 fully saturated rings. The topological polar surface area (TPSA) is 128 Å². The molecule has 4 rings (SSSR count). The van der Waals surface area contributed by atoms with Gasteiger partial charge in [-0.25, -0.2) is 4.79 Å². The van der Waals surface area contributed by atoms with Gasteiger partial charge in [0.1, 0.15) is 0 Å². The summed E-state index contributed by atoms with van der Waals surface area (Å²) in [6.07, 6.45) is 0. The van der Waals surface area contributed by atoms with Crippen LogP contribution in [0, 0.1) is 0 Å². The highest BCUT2D eigenvalue weighted by atomic mass is 16.4. The van der Waals surface area contributed by atoms with Crippen molar-refractivity contribution in [1.29, 1.82) is 0 Å². The molecule has 1 amide bonds. The lowest BCUT2D eigenvalue weighted by atomic mass is 10.0. The number of nitrogens with one attached hydrogen (secondary N) is 1. The van der Waals surface area contributed by atoms with Crippen LogP contribution < -0.4 is 16.8 Å². The summed E-state index contributed by atoms with van der Waals surface area (Å²) in [5.74, 6) is -1.30. The number of nitrogens with two attached hydrogens (primary N) is 2. The molecule has 3 aromatic carbocycles. The van der Waals surface area contributed by atoms with Gasteiger partial charge in [0.15, 0.2) is 0 Å². The summed E-state index contributed by atoms with van der Waals surface area (Å²) >= 11 is 0. The highest BCUT2D eigenvalue weighted by molar-refractivity contribution is 5.97. The van der Waals surface area contributed by atoms with Crippen molar-refractivity contribution in [3.63, 3.8) is 0 Å². The highest BCUT2D eigenvalue weighted by Gasteiger charge is 2.16. The van der Waals surface area contributed by atoms with Crippen LogP contribution in [0.5, 0.6) is 0 Å². The van der Waals surface area contributed by atoms with Gasteiger partial charge in [0.25, 0.3) is 0 Å². The Balaban J connectivity index is 0.000000167. The summed E-state index contributed by atoms with van der Waals surface area (Å²) in [6.45, 7) is 0. The van der Waals surface area contributed by atoms with Crippen LogP contribution in [0.2, 0.25) is 0 Å². The number of benzene rings is 3. The molecule has 0 aliphatic carbocycles. The van der Waals surface area contributed by atoms with E-state index < -0.39 is 11.9 Å². The number of carbonyl (C=O) groups excluding carboxylic acids is 1. The zero-order valence-corrected chi connectivity index (χ0v) is 13.8. The summed E-state index contributed by atoms with van der Waals surface area (Å²) in [5.41, 5.74) is 16.4. The second-order valence-corrected chi connectivity index (χ2v) is 5.76. The first-order chi connectivity index (χ1) is 12.4. The van der Waals surface area contributed by atoms with E-state index in [0.717, 1.165) is 28.2 Å². The second-order valence-electron chi connectivity index (χ2n) is 5.76. The molecule has 130 valence electrons. The van der Waals surface area contributed by atoms with E-state index in [0.29, 0.717) is 11.1 Å². The van der Waals surface area contributed by atoms with Crippen LogP contribution in [-0.2, 0) is 0 Å². The number of carbonyl (C=O) groups is 2. The molecule has 0 radical (unpaired) electrons. The molecular weight excluding hydrogens is 330 g/mol. The standard InChI is InChI=1S/C13H12N2O.C7H5NO2/c14-12-3-1-2-11(8-12)9-4-6-10(7-5-9)13(15)16;9-7(10)4-1-2-5-6(3-4)8-5/h1-8H,14H2,(H2,15,16);1-3,8H,(H,9,10). The molecule has 6 heteroatoms. The van der Waals surface area contributed by atoms with Gasteiger partial charge in [0.2, 0.25) is 5.91 Å². The Morgan fingerprint density at radius 2 is 1.50 bits per heavy atom. The minimum atomic E-state index is -0.878. The molecule has 0 saturated carbocycles. The third-order valence-electron chi connectivity index (χ3n) is 3.86. The van der Waals surface area contributed by atoms with Gasteiger partial charge in [-0.15, -0.1) is 0 Å². The largest absolute Gasteiger partial charge is 0.478 e. The second kappa shape index (κ2) is 6.98. The monoisotopic (exact) mass is 347 g/mol. The zero-order valence-electron chi connectivity index (χ0n) is 13.8. The van der Waals surface area contributed by atoms with Crippen molar-refractivity contribution >= 4 is 28.9 Å². The van der Waals surface area contributed by atoms with E-state index in [1.165, 1.54) is 0 Å². The molecule has 0 bridgehead atoms. The molecule has 0 aromatic heterocycles. The number of carboxylic acids is 1. The van der Waals surface area contributed by atoms with Crippen LogP contribution >= 0.6 is 0 Å². The van der Waals surface area contributed by atoms with Gasteiger partial charge in [0, 0.05) is 11.3 Å².